The molecule has 0 saturated heterocycles. The summed E-state index contributed by atoms with van der Waals surface area (Å²) in [5.41, 5.74) is 3.60. The molecule has 2 aromatic heterocycles. The Morgan fingerprint density at radius 1 is 1.06 bits per heavy atom. The lowest BCUT2D eigenvalue weighted by molar-refractivity contribution is -0.115. The number of H-pyrrole nitrogens is 1. The minimum atomic E-state index is -0.313. The summed E-state index contributed by atoms with van der Waals surface area (Å²) in [7, 11) is 3.28. The molecule has 2 heterocycles. The number of imidazole rings is 1. The molecule has 0 aliphatic heterocycles. The molecule has 0 aliphatic rings. The van der Waals surface area contributed by atoms with Gasteiger partial charge in [-0.2, -0.15) is 0 Å². The van der Waals surface area contributed by atoms with Crippen LogP contribution in [-0.4, -0.2) is 40.3 Å². The molecule has 2 aromatic carbocycles. The number of amides is 1. The second-order valence-corrected chi connectivity index (χ2v) is 9.15. The Bertz CT molecular complexity index is 1120. The lowest BCUT2D eigenvalue weighted by Gasteiger charge is -2.11. The van der Waals surface area contributed by atoms with Crippen molar-refractivity contribution in [2.45, 2.75) is 23.8 Å². The lowest BCUT2D eigenvalue weighted by atomic mass is 10.0. The van der Waals surface area contributed by atoms with E-state index < -0.39 is 0 Å². The Kier molecular flexibility index (Phi) is 7.31. The van der Waals surface area contributed by atoms with Crippen molar-refractivity contribution >= 4 is 34.1 Å². The number of hydrogen-bond donors (Lipinski definition) is 2. The number of aromatic nitrogens is 3. The zero-order valence-corrected chi connectivity index (χ0v) is 20.1. The third kappa shape index (κ3) is 5.37. The SMILES string of the molecule is CCC(Sc1nc(-c2ccc(OC)cc2)c(-c2ccc(OC)cc2)[nH]1)C(=O)Nc1nccs1. The third-order valence-electron chi connectivity index (χ3n) is 5.00. The molecule has 4 aromatic rings. The smallest absolute Gasteiger partial charge is 0.239 e. The van der Waals surface area contributed by atoms with Gasteiger partial charge < -0.3 is 19.8 Å². The third-order valence-corrected chi connectivity index (χ3v) is 6.94. The quantitative estimate of drug-likeness (QED) is 0.298. The van der Waals surface area contributed by atoms with Gasteiger partial charge in [-0.25, -0.2) is 9.97 Å². The van der Waals surface area contributed by atoms with Crippen LogP contribution in [0.2, 0.25) is 0 Å². The molecule has 4 rings (SSSR count). The molecule has 0 saturated carbocycles. The molecule has 0 fully saturated rings. The molecule has 1 amide bonds. The highest BCUT2D eigenvalue weighted by Crippen LogP contribution is 2.36. The standard InChI is InChI=1S/C24H24N4O3S2/c1-4-19(22(29)28-23-25-13-14-32-23)33-24-26-20(15-5-9-17(30-2)10-6-15)21(27-24)16-7-11-18(31-3)12-8-16/h5-14,19H,4H2,1-3H3,(H,26,27)(H,25,28,29). The van der Waals surface area contributed by atoms with Gasteiger partial charge in [-0.05, 0) is 55.0 Å². The Balaban J connectivity index is 1.66. The van der Waals surface area contributed by atoms with Gasteiger partial charge >= 0.3 is 0 Å². The van der Waals surface area contributed by atoms with Crippen LogP contribution in [0, 0.1) is 0 Å². The summed E-state index contributed by atoms with van der Waals surface area (Å²) in [6.45, 7) is 1.98. The van der Waals surface area contributed by atoms with E-state index in [0.717, 1.165) is 34.0 Å². The predicted molar refractivity (Wildman–Crippen MR) is 133 cm³/mol. The molecule has 7 nitrogen and oxygen atoms in total. The molecular weight excluding hydrogens is 456 g/mol. The Labute approximate surface area is 200 Å². The molecule has 0 radical (unpaired) electrons. The van der Waals surface area contributed by atoms with Gasteiger partial charge in [0.25, 0.3) is 0 Å². The van der Waals surface area contributed by atoms with Gasteiger partial charge in [-0.3, -0.25) is 4.79 Å². The highest BCUT2D eigenvalue weighted by atomic mass is 32.2. The molecule has 9 heteroatoms. The Morgan fingerprint density at radius 2 is 1.70 bits per heavy atom. The maximum Gasteiger partial charge on any atom is 0.239 e. The number of carbonyl (C=O) groups excluding carboxylic acids is 1. The first-order valence-electron chi connectivity index (χ1n) is 10.4. The van der Waals surface area contributed by atoms with E-state index in [1.54, 1.807) is 20.4 Å². The van der Waals surface area contributed by atoms with Crippen LogP contribution in [0.25, 0.3) is 22.5 Å². The Morgan fingerprint density at radius 3 is 2.24 bits per heavy atom. The van der Waals surface area contributed by atoms with Crippen LogP contribution in [0.3, 0.4) is 0 Å². The van der Waals surface area contributed by atoms with Crippen LogP contribution >= 0.6 is 23.1 Å². The van der Waals surface area contributed by atoms with E-state index in [9.17, 15) is 4.79 Å². The van der Waals surface area contributed by atoms with E-state index >= 15 is 0 Å². The largest absolute Gasteiger partial charge is 0.497 e. The average molecular weight is 481 g/mol. The number of rotatable bonds is 9. The number of thioether (sulfide) groups is 1. The molecule has 0 spiro atoms. The summed E-state index contributed by atoms with van der Waals surface area (Å²) in [6.07, 6.45) is 2.32. The number of ether oxygens (including phenoxy) is 2. The second-order valence-electron chi connectivity index (χ2n) is 7.06. The highest BCUT2D eigenvalue weighted by molar-refractivity contribution is 8.00. The number of thiazole rings is 1. The van der Waals surface area contributed by atoms with Crippen molar-refractivity contribution in [2.24, 2.45) is 0 Å². The van der Waals surface area contributed by atoms with Crippen LogP contribution < -0.4 is 14.8 Å². The highest BCUT2D eigenvalue weighted by Gasteiger charge is 2.23. The van der Waals surface area contributed by atoms with Crippen LogP contribution in [0.4, 0.5) is 5.13 Å². The second kappa shape index (κ2) is 10.5. The van der Waals surface area contributed by atoms with Crippen LogP contribution in [0.5, 0.6) is 11.5 Å². The first-order chi connectivity index (χ1) is 16.1. The normalized spacial score (nSPS) is 11.7. The minimum Gasteiger partial charge on any atom is -0.497 e. The van der Waals surface area contributed by atoms with Gasteiger partial charge in [-0.15, -0.1) is 11.3 Å². The minimum absolute atomic E-state index is 0.0918. The average Bonchev–Trinajstić information content (AvgIpc) is 3.52. The number of aromatic amines is 1. The lowest BCUT2D eigenvalue weighted by Crippen LogP contribution is -2.24. The number of hydrogen-bond acceptors (Lipinski definition) is 7. The number of anilines is 1. The van der Waals surface area contributed by atoms with E-state index in [1.165, 1.54) is 23.1 Å². The van der Waals surface area contributed by atoms with Crippen molar-refractivity contribution in [3.63, 3.8) is 0 Å². The van der Waals surface area contributed by atoms with Crippen molar-refractivity contribution in [2.75, 3.05) is 19.5 Å². The van der Waals surface area contributed by atoms with Gasteiger partial charge in [0.15, 0.2) is 10.3 Å². The summed E-state index contributed by atoms with van der Waals surface area (Å²) >= 11 is 2.80. The van der Waals surface area contributed by atoms with Gasteiger partial charge in [0.2, 0.25) is 5.91 Å². The zero-order chi connectivity index (χ0) is 23.2. The van der Waals surface area contributed by atoms with E-state index in [-0.39, 0.29) is 11.2 Å². The summed E-state index contributed by atoms with van der Waals surface area (Å²) in [5, 5.41) is 5.67. The molecule has 1 unspecified atom stereocenters. The summed E-state index contributed by atoms with van der Waals surface area (Å²) in [5.74, 6) is 1.47. The monoisotopic (exact) mass is 480 g/mol. The van der Waals surface area contributed by atoms with Crippen molar-refractivity contribution in [1.82, 2.24) is 15.0 Å². The van der Waals surface area contributed by atoms with E-state index in [2.05, 4.69) is 15.3 Å². The summed E-state index contributed by atoms with van der Waals surface area (Å²) in [6, 6.07) is 15.6. The summed E-state index contributed by atoms with van der Waals surface area (Å²) < 4.78 is 10.6. The van der Waals surface area contributed by atoms with Gasteiger partial charge in [0, 0.05) is 22.7 Å². The fraction of sp³-hybridized carbons (Fsp3) is 0.208. The van der Waals surface area contributed by atoms with Gasteiger partial charge in [-0.1, -0.05) is 18.7 Å². The van der Waals surface area contributed by atoms with E-state index in [4.69, 9.17) is 14.5 Å². The molecular formula is C24H24N4O3S2. The maximum absolute atomic E-state index is 12.8. The first kappa shape index (κ1) is 22.9. The molecule has 33 heavy (non-hydrogen) atoms. The molecule has 1 atom stereocenters. The molecule has 170 valence electrons. The van der Waals surface area contributed by atoms with Crippen molar-refractivity contribution in [3.8, 4) is 34.0 Å². The zero-order valence-electron chi connectivity index (χ0n) is 18.5. The van der Waals surface area contributed by atoms with Crippen molar-refractivity contribution in [1.29, 1.82) is 0 Å². The fourth-order valence-electron chi connectivity index (χ4n) is 3.26. The van der Waals surface area contributed by atoms with Gasteiger partial charge in [0.1, 0.15) is 11.5 Å². The number of nitrogens with zero attached hydrogens (tertiary/aromatic N) is 2. The van der Waals surface area contributed by atoms with Crippen molar-refractivity contribution in [3.05, 3.63) is 60.1 Å². The first-order valence-corrected chi connectivity index (χ1v) is 12.1. The van der Waals surface area contributed by atoms with Crippen LogP contribution in [0.1, 0.15) is 13.3 Å². The topological polar surface area (TPSA) is 89.1 Å². The predicted octanol–water partition coefficient (Wildman–Crippen LogP) is 5.73. The number of methoxy groups -OCH3 is 2. The number of benzene rings is 2. The van der Waals surface area contributed by atoms with Crippen LogP contribution in [-0.2, 0) is 4.79 Å². The van der Waals surface area contributed by atoms with E-state index in [0.29, 0.717) is 16.7 Å². The maximum atomic E-state index is 12.8. The molecule has 2 N–H and O–H groups in total. The number of nitrogens with one attached hydrogen (secondary N) is 2. The Hall–Kier alpha value is -3.30. The molecule has 0 aliphatic carbocycles. The van der Waals surface area contributed by atoms with E-state index in [1.807, 2.05) is 60.8 Å². The van der Waals surface area contributed by atoms with Gasteiger partial charge in [0.05, 0.1) is 30.9 Å². The molecule has 0 bridgehead atoms. The van der Waals surface area contributed by atoms with Crippen LogP contribution in [0.15, 0.2) is 65.3 Å². The van der Waals surface area contributed by atoms with Crippen molar-refractivity contribution < 1.29 is 14.3 Å². The fourth-order valence-corrected chi connectivity index (χ4v) is 4.70. The summed E-state index contributed by atoms with van der Waals surface area (Å²) in [4.78, 5) is 25.2. The number of carbonyl (C=O) groups is 1.